The predicted octanol–water partition coefficient (Wildman–Crippen LogP) is -0.896. The third-order valence-electron chi connectivity index (χ3n) is 3.19. The highest BCUT2D eigenvalue weighted by Crippen LogP contribution is 2.04. The number of carboxylic acids is 1. The van der Waals surface area contributed by atoms with Crippen LogP contribution in [-0.2, 0) is 20.9 Å². The van der Waals surface area contributed by atoms with E-state index in [-0.39, 0.29) is 25.1 Å². The number of hydrogen-bond donors (Lipinski definition) is 3. The zero-order valence-electron chi connectivity index (χ0n) is 12.7. The average molecular weight is 332 g/mol. The summed E-state index contributed by atoms with van der Waals surface area (Å²) in [4.78, 5) is 49.6. The van der Waals surface area contributed by atoms with E-state index in [0.717, 1.165) is 0 Å². The van der Waals surface area contributed by atoms with Gasteiger partial charge in [0.1, 0.15) is 6.54 Å². The Bertz CT molecular complexity index is 830. The Morgan fingerprint density at radius 2 is 1.79 bits per heavy atom. The number of para-hydroxylation sites is 1. The number of aryl methyl sites for hydroxylation is 1. The Balaban J connectivity index is 1.86. The minimum atomic E-state index is -1.17. The second kappa shape index (κ2) is 7.86. The van der Waals surface area contributed by atoms with Crippen molar-refractivity contribution >= 4 is 28.7 Å². The summed E-state index contributed by atoms with van der Waals surface area (Å²) in [5, 5.41) is 13.4. The maximum atomic E-state index is 12.2. The van der Waals surface area contributed by atoms with E-state index in [1.807, 2.05) is 0 Å². The number of rotatable bonds is 7. The molecule has 1 heterocycles. The zero-order valence-corrected chi connectivity index (χ0v) is 12.7. The van der Waals surface area contributed by atoms with E-state index < -0.39 is 24.3 Å². The van der Waals surface area contributed by atoms with Crippen LogP contribution in [0.5, 0.6) is 0 Å². The summed E-state index contributed by atoms with van der Waals surface area (Å²) in [5.74, 6) is -2.20. The molecule has 2 amide bonds. The molecule has 1 aromatic heterocycles. The highest BCUT2D eigenvalue weighted by Gasteiger charge is 2.08. The number of carbonyl (C=O) groups excluding carboxylic acids is 2. The van der Waals surface area contributed by atoms with Crippen LogP contribution >= 0.6 is 0 Å². The van der Waals surface area contributed by atoms with Crippen LogP contribution in [0.1, 0.15) is 6.42 Å². The molecule has 0 atom stereocenters. The van der Waals surface area contributed by atoms with Crippen molar-refractivity contribution < 1.29 is 19.5 Å². The first kappa shape index (κ1) is 17.1. The van der Waals surface area contributed by atoms with E-state index in [2.05, 4.69) is 15.6 Å². The molecule has 0 saturated heterocycles. The molecule has 24 heavy (non-hydrogen) atoms. The molecule has 2 aromatic rings. The Hall–Kier alpha value is -3.23. The van der Waals surface area contributed by atoms with Crippen molar-refractivity contribution in [3.05, 3.63) is 40.9 Å². The van der Waals surface area contributed by atoms with Crippen molar-refractivity contribution in [2.75, 3.05) is 13.1 Å². The maximum absolute atomic E-state index is 12.2. The summed E-state index contributed by atoms with van der Waals surface area (Å²) in [5.41, 5.74) is 0.339. The van der Waals surface area contributed by atoms with Gasteiger partial charge in [-0.25, -0.2) is 4.98 Å². The molecule has 0 spiro atoms. The summed E-state index contributed by atoms with van der Waals surface area (Å²) in [7, 11) is 0. The van der Waals surface area contributed by atoms with Crippen molar-refractivity contribution in [3.8, 4) is 0 Å². The minimum absolute atomic E-state index is 0.00780. The van der Waals surface area contributed by atoms with Crippen LogP contribution in [0.2, 0.25) is 0 Å². The van der Waals surface area contributed by atoms with Crippen LogP contribution in [0.3, 0.4) is 0 Å². The molecule has 3 N–H and O–H groups in total. The fraction of sp³-hybridized carbons (Fsp3) is 0.267. The molecule has 0 radical (unpaired) electrons. The lowest BCUT2D eigenvalue weighted by Crippen LogP contribution is -2.39. The molecule has 126 valence electrons. The molecule has 0 bridgehead atoms. The van der Waals surface area contributed by atoms with Gasteiger partial charge in [0.05, 0.1) is 23.8 Å². The molecular formula is C15H16N4O5. The van der Waals surface area contributed by atoms with Gasteiger partial charge in [0, 0.05) is 13.0 Å². The van der Waals surface area contributed by atoms with E-state index in [4.69, 9.17) is 5.11 Å². The number of aromatic nitrogens is 2. The number of nitrogens with one attached hydrogen (secondary N) is 2. The largest absolute Gasteiger partial charge is 0.480 e. The maximum Gasteiger partial charge on any atom is 0.322 e. The number of fused-ring (bicyclic) bond motifs is 1. The third-order valence-corrected chi connectivity index (χ3v) is 3.19. The van der Waals surface area contributed by atoms with Gasteiger partial charge in [-0.3, -0.25) is 23.7 Å². The Labute approximate surface area is 136 Å². The highest BCUT2D eigenvalue weighted by molar-refractivity contribution is 5.86. The molecule has 0 saturated carbocycles. The highest BCUT2D eigenvalue weighted by atomic mass is 16.4. The molecule has 0 aliphatic rings. The Kier molecular flexibility index (Phi) is 5.61. The van der Waals surface area contributed by atoms with Gasteiger partial charge in [-0.2, -0.15) is 0 Å². The number of carbonyl (C=O) groups is 3. The van der Waals surface area contributed by atoms with E-state index in [1.165, 1.54) is 10.9 Å². The van der Waals surface area contributed by atoms with E-state index in [9.17, 15) is 19.2 Å². The fourth-order valence-electron chi connectivity index (χ4n) is 1.99. The number of carboxylic acid groups (broad SMARTS) is 1. The van der Waals surface area contributed by atoms with Crippen molar-refractivity contribution in [2.45, 2.75) is 13.0 Å². The quantitative estimate of drug-likeness (QED) is 0.602. The second-order valence-electron chi connectivity index (χ2n) is 4.96. The molecule has 0 unspecified atom stereocenters. The van der Waals surface area contributed by atoms with Gasteiger partial charge in [0.2, 0.25) is 11.8 Å². The molecule has 9 heteroatoms. The van der Waals surface area contributed by atoms with Gasteiger partial charge in [0.15, 0.2) is 0 Å². The molecule has 1 aromatic carbocycles. The van der Waals surface area contributed by atoms with Crippen molar-refractivity contribution in [1.82, 2.24) is 20.2 Å². The first-order chi connectivity index (χ1) is 11.5. The first-order valence-electron chi connectivity index (χ1n) is 7.17. The molecule has 2 rings (SSSR count). The number of nitrogens with zero attached hydrogens (tertiary/aromatic N) is 2. The lowest BCUT2D eigenvalue weighted by atomic mass is 10.2. The molecule has 0 aliphatic heterocycles. The van der Waals surface area contributed by atoms with E-state index in [0.29, 0.717) is 10.9 Å². The minimum Gasteiger partial charge on any atom is -0.480 e. The van der Waals surface area contributed by atoms with Crippen LogP contribution in [0.15, 0.2) is 35.4 Å². The molecule has 0 fully saturated rings. The van der Waals surface area contributed by atoms with Gasteiger partial charge in [-0.15, -0.1) is 0 Å². The van der Waals surface area contributed by atoms with Crippen LogP contribution in [-0.4, -0.2) is 45.5 Å². The van der Waals surface area contributed by atoms with Gasteiger partial charge in [-0.05, 0) is 12.1 Å². The van der Waals surface area contributed by atoms with Crippen molar-refractivity contribution in [1.29, 1.82) is 0 Å². The van der Waals surface area contributed by atoms with Crippen LogP contribution in [0, 0.1) is 0 Å². The number of hydrogen-bond acceptors (Lipinski definition) is 5. The summed E-state index contributed by atoms with van der Waals surface area (Å²) in [6.45, 7) is -0.705. The lowest BCUT2D eigenvalue weighted by Gasteiger charge is -2.07. The fourth-order valence-corrected chi connectivity index (χ4v) is 1.99. The van der Waals surface area contributed by atoms with Gasteiger partial charge in [0.25, 0.3) is 5.56 Å². The SMILES string of the molecule is O=C(O)CNC(=O)CNC(=O)CCn1cnc2ccccc2c1=O. The summed E-state index contributed by atoms with van der Waals surface area (Å²) in [6, 6.07) is 6.90. The standard InChI is InChI=1S/C15H16N4O5/c20-12(16-7-13(21)17-8-14(22)23)5-6-19-9-18-11-4-2-1-3-10(11)15(19)24/h1-4,9H,5-8H2,(H,16,20)(H,17,21)(H,22,23). The van der Waals surface area contributed by atoms with E-state index in [1.54, 1.807) is 24.3 Å². The molecule has 9 nitrogen and oxygen atoms in total. The number of amides is 2. The van der Waals surface area contributed by atoms with Gasteiger partial charge < -0.3 is 15.7 Å². The summed E-state index contributed by atoms with van der Waals surface area (Å²) in [6.07, 6.45) is 1.36. The average Bonchev–Trinajstić information content (AvgIpc) is 2.57. The van der Waals surface area contributed by atoms with Gasteiger partial charge in [-0.1, -0.05) is 12.1 Å². The predicted molar refractivity (Wildman–Crippen MR) is 84.3 cm³/mol. The third kappa shape index (κ3) is 4.63. The van der Waals surface area contributed by atoms with Crippen molar-refractivity contribution in [3.63, 3.8) is 0 Å². The lowest BCUT2D eigenvalue weighted by molar-refractivity contribution is -0.137. The van der Waals surface area contributed by atoms with Crippen LogP contribution in [0.4, 0.5) is 0 Å². The Morgan fingerprint density at radius 1 is 1.08 bits per heavy atom. The normalized spacial score (nSPS) is 10.3. The van der Waals surface area contributed by atoms with Crippen molar-refractivity contribution in [2.24, 2.45) is 0 Å². The topological polar surface area (TPSA) is 130 Å². The summed E-state index contributed by atoms with van der Waals surface area (Å²) < 4.78 is 1.33. The van der Waals surface area contributed by atoms with Crippen LogP contribution in [0.25, 0.3) is 10.9 Å². The van der Waals surface area contributed by atoms with Crippen LogP contribution < -0.4 is 16.2 Å². The number of benzene rings is 1. The Morgan fingerprint density at radius 3 is 2.54 bits per heavy atom. The number of aliphatic carboxylic acids is 1. The molecular weight excluding hydrogens is 316 g/mol. The molecule has 0 aliphatic carbocycles. The monoisotopic (exact) mass is 332 g/mol. The zero-order chi connectivity index (χ0) is 17.5. The first-order valence-corrected chi connectivity index (χ1v) is 7.17. The van der Waals surface area contributed by atoms with E-state index >= 15 is 0 Å². The van der Waals surface area contributed by atoms with Gasteiger partial charge >= 0.3 is 5.97 Å². The summed E-state index contributed by atoms with van der Waals surface area (Å²) >= 11 is 0. The second-order valence-corrected chi connectivity index (χ2v) is 4.96. The smallest absolute Gasteiger partial charge is 0.322 e.